The van der Waals surface area contributed by atoms with Gasteiger partial charge >= 0.3 is 0 Å². The molecule has 30 heavy (non-hydrogen) atoms. The molecule has 2 heterocycles. The van der Waals surface area contributed by atoms with Gasteiger partial charge in [-0.1, -0.05) is 6.82 Å². The lowest BCUT2D eigenvalue weighted by molar-refractivity contribution is -0.119. The summed E-state index contributed by atoms with van der Waals surface area (Å²) in [5.41, 5.74) is 2.33. The van der Waals surface area contributed by atoms with Gasteiger partial charge in [0, 0.05) is 24.3 Å². The number of aromatic nitrogens is 2. The van der Waals surface area contributed by atoms with E-state index in [0.29, 0.717) is 22.0 Å². The standard InChI is InChI=1S/C20H21BFN4O3S/c1-12-8-13(4-5-15(12)22)17-11-30-20(24-17)25-19(28)16(10-29-3)23-18(27)14-6-7-26(9-14)21-2/h4-9,11,16H,10H2,1-3H3,(H,23,27)(H,24,25,28). The van der Waals surface area contributed by atoms with Gasteiger partial charge in [-0.15, -0.1) is 11.3 Å². The number of thiazole rings is 1. The number of benzene rings is 1. The SMILES string of the molecule is C[B]n1ccc(C(=O)NC(COC)C(=O)Nc2nc(-c3ccc(F)c(C)c3)cs2)c1. The van der Waals surface area contributed by atoms with Crippen molar-refractivity contribution in [3.8, 4) is 11.3 Å². The Bertz CT molecular complexity index is 1050. The van der Waals surface area contributed by atoms with Gasteiger partial charge in [-0.2, -0.15) is 0 Å². The van der Waals surface area contributed by atoms with E-state index >= 15 is 0 Å². The number of nitrogens with zero attached hydrogens (tertiary/aromatic N) is 2. The molecule has 3 rings (SSSR count). The Hall–Kier alpha value is -2.98. The van der Waals surface area contributed by atoms with Crippen LogP contribution in [0.3, 0.4) is 0 Å². The molecule has 7 nitrogen and oxygen atoms in total. The molecule has 0 fully saturated rings. The molecule has 2 aromatic heterocycles. The fraction of sp³-hybridized carbons (Fsp3) is 0.250. The molecule has 1 atom stereocenters. The second kappa shape index (κ2) is 9.68. The lowest BCUT2D eigenvalue weighted by Crippen LogP contribution is -2.46. The Kier molecular flexibility index (Phi) is 7.01. The number of carbonyl (C=O) groups excluding carboxylic acids is 2. The predicted octanol–water partition coefficient (Wildman–Crippen LogP) is 2.96. The highest BCUT2D eigenvalue weighted by atomic mass is 32.1. The molecule has 0 spiro atoms. The minimum Gasteiger partial charge on any atom is -0.402 e. The Balaban J connectivity index is 1.68. The summed E-state index contributed by atoms with van der Waals surface area (Å²) in [5.74, 6) is -1.11. The van der Waals surface area contributed by atoms with Gasteiger partial charge in [0.1, 0.15) is 11.9 Å². The second-order valence-corrected chi connectivity index (χ2v) is 7.44. The predicted molar refractivity (Wildman–Crippen MR) is 115 cm³/mol. The maximum atomic E-state index is 13.5. The van der Waals surface area contributed by atoms with Gasteiger partial charge in [-0.3, -0.25) is 9.59 Å². The minimum atomic E-state index is -0.892. The van der Waals surface area contributed by atoms with Crippen LogP contribution in [-0.2, 0) is 9.53 Å². The first-order chi connectivity index (χ1) is 14.4. The van der Waals surface area contributed by atoms with Crippen LogP contribution in [0.2, 0.25) is 6.82 Å². The van der Waals surface area contributed by atoms with Crippen molar-refractivity contribution in [3.63, 3.8) is 0 Å². The molecule has 2 N–H and O–H groups in total. The van der Waals surface area contributed by atoms with E-state index in [1.54, 1.807) is 54.8 Å². The second-order valence-electron chi connectivity index (χ2n) is 6.58. The molecule has 2 amide bonds. The monoisotopic (exact) mass is 427 g/mol. The Morgan fingerprint density at radius 1 is 1.37 bits per heavy atom. The number of methoxy groups -OCH3 is 1. The van der Waals surface area contributed by atoms with Crippen LogP contribution in [0.4, 0.5) is 9.52 Å². The van der Waals surface area contributed by atoms with Gasteiger partial charge in [0.05, 0.1) is 17.9 Å². The van der Waals surface area contributed by atoms with E-state index in [-0.39, 0.29) is 18.3 Å². The van der Waals surface area contributed by atoms with Gasteiger partial charge in [-0.05, 0) is 42.9 Å². The van der Waals surface area contributed by atoms with Crippen molar-refractivity contribution in [2.75, 3.05) is 19.0 Å². The van der Waals surface area contributed by atoms with Crippen LogP contribution in [-0.4, -0.2) is 48.4 Å². The fourth-order valence-electron chi connectivity index (χ4n) is 2.76. The van der Waals surface area contributed by atoms with E-state index < -0.39 is 11.9 Å². The highest BCUT2D eigenvalue weighted by molar-refractivity contribution is 7.14. The third-order valence-electron chi connectivity index (χ3n) is 4.42. The van der Waals surface area contributed by atoms with Crippen LogP contribution in [0.15, 0.2) is 42.0 Å². The third-order valence-corrected chi connectivity index (χ3v) is 5.18. The number of ether oxygens (including phenoxy) is 1. The maximum Gasteiger partial charge on any atom is 0.253 e. The van der Waals surface area contributed by atoms with Crippen molar-refractivity contribution in [2.45, 2.75) is 19.8 Å². The normalized spacial score (nSPS) is 11.7. The number of carbonyl (C=O) groups is 2. The molecular weight excluding hydrogens is 406 g/mol. The van der Waals surface area contributed by atoms with Crippen LogP contribution < -0.4 is 10.6 Å². The molecular formula is C20H21BFN4O3S. The quantitative estimate of drug-likeness (QED) is 0.542. The van der Waals surface area contributed by atoms with Crippen LogP contribution in [0.5, 0.6) is 0 Å². The number of rotatable bonds is 8. The van der Waals surface area contributed by atoms with Crippen molar-refractivity contribution in [3.05, 3.63) is 59.0 Å². The molecule has 0 bridgehead atoms. The summed E-state index contributed by atoms with van der Waals surface area (Å²) in [6.07, 6.45) is 3.41. The summed E-state index contributed by atoms with van der Waals surface area (Å²) in [6.45, 7) is 3.53. The maximum absolute atomic E-state index is 13.5. The van der Waals surface area contributed by atoms with E-state index in [0.717, 1.165) is 5.56 Å². The summed E-state index contributed by atoms with van der Waals surface area (Å²) in [7, 11) is 3.26. The molecule has 0 aliphatic heterocycles. The number of hydrogen-bond donors (Lipinski definition) is 2. The molecule has 1 unspecified atom stereocenters. The molecule has 0 saturated heterocycles. The van der Waals surface area contributed by atoms with Gasteiger partial charge in [-0.25, -0.2) is 9.37 Å². The fourth-order valence-corrected chi connectivity index (χ4v) is 3.48. The third kappa shape index (κ3) is 5.14. The van der Waals surface area contributed by atoms with Gasteiger partial charge < -0.3 is 19.8 Å². The van der Waals surface area contributed by atoms with Gasteiger partial charge in [0.2, 0.25) is 7.41 Å². The highest BCUT2D eigenvalue weighted by Crippen LogP contribution is 2.26. The zero-order valence-electron chi connectivity index (χ0n) is 16.8. The molecule has 1 radical (unpaired) electrons. The topological polar surface area (TPSA) is 85.2 Å². The van der Waals surface area contributed by atoms with Gasteiger partial charge in [0.15, 0.2) is 5.13 Å². The number of hydrogen-bond acceptors (Lipinski definition) is 5. The first kappa shape index (κ1) is 21.7. The van der Waals surface area contributed by atoms with Crippen molar-refractivity contribution in [2.24, 2.45) is 0 Å². The van der Waals surface area contributed by atoms with Crippen molar-refractivity contribution >= 4 is 35.7 Å². The van der Waals surface area contributed by atoms with E-state index in [1.807, 2.05) is 6.82 Å². The molecule has 155 valence electrons. The number of aryl methyl sites for hydroxylation is 1. The first-order valence-corrected chi connectivity index (χ1v) is 10.1. The zero-order valence-corrected chi connectivity index (χ0v) is 17.6. The number of anilines is 1. The zero-order chi connectivity index (χ0) is 21.7. The Morgan fingerprint density at radius 2 is 2.17 bits per heavy atom. The summed E-state index contributed by atoms with van der Waals surface area (Å²) < 4.78 is 20.3. The number of amides is 2. The summed E-state index contributed by atoms with van der Waals surface area (Å²) >= 11 is 1.24. The summed E-state index contributed by atoms with van der Waals surface area (Å²) in [5, 5.41) is 7.53. The van der Waals surface area contributed by atoms with E-state index in [4.69, 9.17) is 4.74 Å². The molecule has 3 aromatic rings. The van der Waals surface area contributed by atoms with Crippen molar-refractivity contribution in [1.82, 2.24) is 14.8 Å². The lowest BCUT2D eigenvalue weighted by atomic mass is 10.0. The molecule has 0 aliphatic rings. The average molecular weight is 427 g/mol. The molecule has 0 saturated carbocycles. The van der Waals surface area contributed by atoms with E-state index in [2.05, 4.69) is 15.6 Å². The first-order valence-electron chi connectivity index (χ1n) is 9.21. The molecule has 1 aromatic carbocycles. The summed E-state index contributed by atoms with van der Waals surface area (Å²) in [4.78, 5) is 29.5. The molecule has 0 aliphatic carbocycles. The largest absolute Gasteiger partial charge is 0.402 e. The lowest BCUT2D eigenvalue weighted by Gasteiger charge is -2.16. The highest BCUT2D eigenvalue weighted by Gasteiger charge is 2.23. The minimum absolute atomic E-state index is 0.00751. The Labute approximate surface area is 178 Å². The van der Waals surface area contributed by atoms with Crippen LogP contribution in [0.25, 0.3) is 11.3 Å². The van der Waals surface area contributed by atoms with Gasteiger partial charge in [0.25, 0.3) is 11.8 Å². The Morgan fingerprint density at radius 3 is 2.83 bits per heavy atom. The van der Waals surface area contributed by atoms with Crippen molar-refractivity contribution in [1.29, 1.82) is 0 Å². The average Bonchev–Trinajstić information content (AvgIpc) is 3.39. The van der Waals surface area contributed by atoms with Crippen LogP contribution >= 0.6 is 11.3 Å². The smallest absolute Gasteiger partial charge is 0.253 e. The van der Waals surface area contributed by atoms with Crippen LogP contribution in [0, 0.1) is 12.7 Å². The number of nitrogens with one attached hydrogen (secondary N) is 2. The van der Waals surface area contributed by atoms with E-state index in [9.17, 15) is 14.0 Å². The van der Waals surface area contributed by atoms with Crippen molar-refractivity contribution < 1.29 is 18.7 Å². The number of halogens is 1. The summed E-state index contributed by atoms with van der Waals surface area (Å²) in [6, 6.07) is 5.49. The van der Waals surface area contributed by atoms with Crippen LogP contribution in [0.1, 0.15) is 15.9 Å². The molecule has 10 heteroatoms. The van der Waals surface area contributed by atoms with E-state index in [1.165, 1.54) is 24.5 Å².